The van der Waals surface area contributed by atoms with E-state index in [0.29, 0.717) is 11.9 Å². The molecule has 0 spiro atoms. The predicted molar refractivity (Wildman–Crippen MR) is 79.5 cm³/mol. The molecule has 0 radical (unpaired) electrons. The van der Waals surface area contributed by atoms with Crippen molar-refractivity contribution in [3.05, 3.63) is 16.5 Å². The number of hydrogen-bond acceptors (Lipinski definition) is 4. The van der Waals surface area contributed by atoms with E-state index in [0.717, 1.165) is 36.3 Å². The van der Waals surface area contributed by atoms with Crippen molar-refractivity contribution in [3.63, 3.8) is 0 Å². The first kappa shape index (κ1) is 14.7. The zero-order chi connectivity index (χ0) is 13.7. The van der Waals surface area contributed by atoms with Crippen molar-refractivity contribution in [2.45, 2.75) is 45.1 Å². The van der Waals surface area contributed by atoms with Gasteiger partial charge in [0.15, 0.2) is 0 Å². The molecule has 0 amide bonds. The van der Waals surface area contributed by atoms with Crippen molar-refractivity contribution >= 4 is 15.9 Å². The Morgan fingerprint density at radius 2 is 2.32 bits per heavy atom. The summed E-state index contributed by atoms with van der Waals surface area (Å²) >= 11 is 3.41. The van der Waals surface area contributed by atoms with Crippen LogP contribution in [0.3, 0.4) is 0 Å². The minimum Gasteiger partial charge on any atom is -0.477 e. The van der Waals surface area contributed by atoms with Gasteiger partial charge in [0, 0.05) is 18.5 Å². The van der Waals surface area contributed by atoms with Crippen LogP contribution >= 0.6 is 15.9 Å². The van der Waals surface area contributed by atoms with Crippen molar-refractivity contribution in [1.29, 1.82) is 0 Å². The molecular formula is C14H22BrN3O. The molecule has 1 saturated heterocycles. The van der Waals surface area contributed by atoms with E-state index in [9.17, 15) is 0 Å². The summed E-state index contributed by atoms with van der Waals surface area (Å²) in [4.78, 5) is 11.2. The van der Waals surface area contributed by atoms with E-state index in [4.69, 9.17) is 4.74 Å². The monoisotopic (exact) mass is 327 g/mol. The molecule has 1 unspecified atom stereocenters. The fourth-order valence-corrected chi connectivity index (χ4v) is 2.90. The lowest BCUT2D eigenvalue weighted by Crippen LogP contribution is -2.26. The van der Waals surface area contributed by atoms with Crippen molar-refractivity contribution in [2.24, 2.45) is 0 Å². The third kappa shape index (κ3) is 4.42. The lowest BCUT2D eigenvalue weighted by Gasteiger charge is -2.19. The molecule has 1 aromatic heterocycles. The molecule has 1 aliphatic heterocycles. The molecule has 0 aliphatic carbocycles. The quantitative estimate of drug-likeness (QED) is 0.753. The summed E-state index contributed by atoms with van der Waals surface area (Å²) in [6.45, 7) is 4.06. The maximum Gasteiger partial charge on any atom is 0.217 e. The normalized spacial score (nSPS) is 19.8. The number of ether oxygens (including phenoxy) is 1. The number of rotatable bonds is 6. The maximum atomic E-state index is 5.78. The van der Waals surface area contributed by atoms with Crippen LogP contribution in [-0.2, 0) is 6.42 Å². The molecule has 5 heteroatoms. The molecule has 2 heterocycles. The minimum atomic E-state index is 0.667. The topological polar surface area (TPSA) is 38.2 Å². The maximum absolute atomic E-state index is 5.78. The molecule has 4 nitrogen and oxygen atoms in total. The third-order valence-electron chi connectivity index (χ3n) is 3.56. The summed E-state index contributed by atoms with van der Waals surface area (Å²) in [6, 6.07) is 2.51. The van der Waals surface area contributed by atoms with Gasteiger partial charge >= 0.3 is 0 Å². The van der Waals surface area contributed by atoms with Gasteiger partial charge in [-0.2, -0.15) is 4.98 Å². The van der Waals surface area contributed by atoms with Crippen LogP contribution in [0.25, 0.3) is 0 Å². The van der Waals surface area contributed by atoms with Crippen molar-refractivity contribution in [2.75, 3.05) is 20.2 Å². The zero-order valence-electron chi connectivity index (χ0n) is 11.7. The highest BCUT2D eigenvalue weighted by Crippen LogP contribution is 2.19. The highest BCUT2D eigenvalue weighted by Gasteiger charge is 2.20. The number of aryl methyl sites for hydroxylation is 1. The Morgan fingerprint density at radius 3 is 3.00 bits per heavy atom. The predicted octanol–water partition coefficient (Wildman–Crippen LogP) is 3.05. The summed E-state index contributed by atoms with van der Waals surface area (Å²) < 4.78 is 6.58. The van der Waals surface area contributed by atoms with Gasteiger partial charge in [-0.1, -0.05) is 6.92 Å². The van der Waals surface area contributed by atoms with Crippen LogP contribution in [0.4, 0.5) is 0 Å². The minimum absolute atomic E-state index is 0.667. The summed E-state index contributed by atoms with van der Waals surface area (Å²) in [5.74, 6) is 1.54. The van der Waals surface area contributed by atoms with E-state index < -0.39 is 0 Å². The zero-order valence-corrected chi connectivity index (χ0v) is 13.3. The highest BCUT2D eigenvalue weighted by molar-refractivity contribution is 9.10. The van der Waals surface area contributed by atoms with E-state index in [2.05, 4.69) is 44.8 Å². The van der Waals surface area contributed by atoms with Crippen LogP contribution < -0.4 is 4.74 Å². The molecule has 1 atom stereocenters. The van der Waals surface area contributed by atoms with Gasteiger partial charge < -0.3 is 9.64 Å². The van der Waals surface area contributed by atoms with Gasteiger partial charge in [0.1, 0.15) is 10.4 Å². The van der Waals surface area contributed by atoms with Gasteiger partial charge in [0.2, 0.25) is 5.88 Å². The highest BCUT2D eigenvalue weighted by atomic mass is 79.9. The molecule has 1 aromatic rings. The van der Waals surface area contributed by atoms with Gasteiger partial charge in [-0.15, -0.1) is 0 Å². The second kappa shape index (κ2) is 7.20. The molecule has 0 N–H and O–H groups in total. The molecule has 1 aliphatic rings. The number of likely N-dealkylation sites (tertiary alicyclic amines) is 1. The molecule has 1 fully saturated rings. The second-order valence-electron chi connectivity index (χ2n) is 5.11. The van der Waals surface area contributed by atoms with Gasteiger partial charge in [0.25, 0.3) is 0 Å². The summed E-state index contributed by atoms with van der Waals surface area (Å²) in [6.07, 6.45) is 5.60. The van der Waals surface area contributed by atoms with Crippen molar-refractivity contribution < 1.29 is 4.74 Å². The van der Waals surface area contributed by atoms with E-state index >= 15 is 0 Å². The van der Waals surface area contributed by atoms with Crippen LogP contribution in [-0.4, -0.2) is 41.1 Å². The lowest BCUT2D eigenvalue weighted by molar-refractivity contribution is 0.228. The Hall–Kier alpha value is -0.680. The SMILES string of the molecule is CCCc1nc(Br)cc(OCCC2CCCN2C)n1. The van der Waals surface area contributed by atoms with Gasteiger partial charge in [-0.05, 0) is 55.2 Å². The third-order valence-corrected chi connectivity index (χ3v) is 3.97. The van der Waals surface area contributed by atoms with Crippen LogP contribution in [0.1, 0.15) is 38.4 Å². The second-order valence-corrected chi connectivity index (χ2v) is 5.92. The molecule has 19 heavy (non-hydrogen) atoms. The molecule has 2 rings (SSSR count). The lowest BCUT2D eigenvalue weighted by atomic mass is 10.1. The summed E-state index contributed by atoms with van der Waals surface area (Å²) in [7, 11) is 2.19. The molecular weight excluding hydrogens is 306 g/mol. The van der Waals surface area contributed by atoms with Gasteiger partial charge in [-0.3, -0.25) is 0 Å². The average Bonchev–Trinajstić information content (AvgIpc) is 2.75. The van der Waals surface area contributed by atoms with E-state index in [1.165, 1.54) is 19.4 Å². The summed E-state index contributed by atoms with van der Waals surface area (Å²) in [5, 5.41) is 0. The average molecular weight is 328 g/mol. The Bertz CT molecular complexity index is 414. The summed E-state index contributed by atoms with van der Waals surface area (Å²) in [5.41, 5.74) is 0. The Labute approximate surface area is 123 Å². The van der Waals surface area contributed by atoms with Crippen molar-refractivity contribution in [3.8, 4) is 5.88 Å². The van der Waals surface area contributed by atoms with Gasteiger partial charge in [0.05, 0.1) is 6.61 Å². The standard InChI is InChI=1S/C14H22BrN3O/c1-3-5-13-16-12(15)10-14(17-13)19-9-7-11-6-4-8-18(11)2/h10-11H,3-9H2,1-2H3. The van der Waals surface area contributed by atoms with Crippen LogP contribution in [0.15, 0.2) is 10.7 Å². The van der Waals surface area contributed by atoms with Crippen LogP contribution in [0.5, 0.6) is 5.88 Å². The Balaban J connectivity index is 1.84. The Morgan fingerprint density at radius 1 is 1.47 bits per heavy atom. The van der Waals surface area contributed by atoms with Crippen molar-refractivity contribution in [1.82, 2.24) is 14.9 Å². The Kier molecular flexibility index (Phi) is 5.58. The number of nitrogens with zero attached hydrogens (tertiary/aromatic N) is 3. The molecule has 0 bridgehead atoms. The number of aromatic nitrogens is 2. The number of hydrogen-bond donors (Lipinski definition) is 0. The first-order chi connectivity index (χ1) is 9.19. The number of halogens is 1. The molecule has 0 saturated carbocycles. The van der Waals surface area contributed by atoms with Gasteiger partial charge in [-0.25, -0.2) is 4.98 Å². The fourth-order valence-electron chi connectivity index (χ4n) is 2.49. The fraction of sp³-hybridized carbons (Fsp3) is 0.714. The van der Waals surface area contributed by atoms with E-state index in [1.54, 1.807) is 0 Å². The smallest absolute Gasteiger partial charge is 0.217 e. The van der Waals surface area contributed by atoms with E-state index in [-0.39, 0.29) is 0 Å². The molecule has 0 aromatic carbocycles. The first-order valence-corrected chi connectivity index (χ1v) is 7.85. The van der Waals surface area contributed by atoms with Crippen LogP contribution in [0.2, 0.25) is 0 Å². The van der Waals surface area contributed by atoms with Crippen LogP contribution in [0, 0.1) is 0 Å². The largest absolute Gasteiger partial charge is 0.477 e. The molecule has 106 valence electrons. The first-order valence-electron chi connectivity index (χ1n) is 7.05. The van der Waals surface area contributed by atoms with E-state index in [1.807, 2.05) is 6.07 Å².